The Balaban J connectivity index is 1.94. The van der Waals surface area contributed by atoms with Gasteiger partial charge in [-0.25, -0.2) is 8.42 Å². The van der Waals surface area contributed by atoms with Gasteiger partial charge in [0.05, 0.1) is 10.6 Å². The number of nitrogens with zero attached hydrogens (tertiary/aromatic N) is 2. The largest absolute Gasteiger partial charge is 0.354 e. The summed E-state index contributed by atoms with van der Waals surface area (Å²) >= 11 is 0. The van der Waals surface area contributed by atoms with Gasteiger partial charge in [-0.2, -0.15) is 0 Å². The number of rotatable bonds is 12. The van der Waals surface area contributed by atoms with Gasteiger partial charge in [-0.15, -0.1) is 0 Å². The molecule has 0 aliphatic heterocycles. The van der Waals surface area contributed by atoms with Crippen LogP contribution in [0, 0.1) is 12.8 Å². The van der Waals surface area contributed by atoms with Gasteiger partial charge in [0.2, 0.25) is 11.8 Å². The Morgan fingerprint density at radius 1 is 0.842 bits per heavy atom. The van der Waals surface area contributed by atoms with E-state index < -0.39 is 28.5 Å². The van der Waals surface area contributed by atoms with E-state index in [-0.39, 0.29) is 23.3 Å². The normalized spacial score (nSPS) is 12.1. The van der Waals surface area contributed by atoms with E-state index in [1.54, 1.807) is 37.3 Å². The van der Waals surface area contributed by atoms with Crippen molar-refractivity contribution >= 4 is 27.5 Å². The molecule has 1 unspecified atom stereocenters. The SMILES string of the molecule is Cc1ccc(N(CC(=O)N(CCc2ccccc2)C(C)C(=O)NCC(C)C)S(=O)(=O)c2ccccc2)cc1. The summed E-state index contributed by atoms with van der Waals surface area (Å²) in [6.45, 7) is 7.91. The van der Waals surface area contributed by atoms with Gasteiger partial charge in [0.25, 0.3) is 10.0 Å². The van der Waals surface area contributed by atoms with Crippen LogP contribution in [0.25, 0.3) is 0 Å². The minimum absolute atomic E-state index is 0.0898. The first kappa shape index (κ1) is 28.9. The highest BCUT2D eigenvalue weighted by molar-refractivity contribution is 7.92. The van der Waals surface area contributed by atoms with Crippen LogP contribution in [-0.4, -0.2) is 50.8 Å². The Morgan fingerprint density at radius 2 is 1.42 bits per heavy atom. The molecule has 0 saturated carbocycles. The van der Waals surface area contributed by atoms with Gasteiger partial charge < -0.3 is 10.2 Å². The van der Waals surface area contributed by atoms with Gasteiger partial charge in [-0.3, -0.25) is 13.9 Å². The van der Waals surface area contributed by atoms with Crippen LogP contribution in [0.3, 0.4) is 0 Å². The zero-order valence-electron chi connectivity index (χ0n) is 22.5. The molecule has 1 atom stereocenters. The van der Waals surface area contributed by atoms with Crippen LogP contribution in [-0.2, 0) is 26.0 Å². The van der Waals surface area contributed by atoms with Crippen LogP contribution in [0.5, 0.6) is 0 Å². The molecule has 0 spiro atoms. The fourth-order valence-corrected chi connectivity index (χ4v) is 5.42. The molecule has 0 aromatic heterocycles. The van der Waals surface area contributed by atoms with Crippen molar-refractivity contribution in [3.63, 3.8) is 0 Å². The van der Waals surface area contributed by atoms with Crippen molar-refractivity contribution in [1.29, 1.82) is 0 Å². The molecule has 3 rings (SSSR count). The third-order valence-corrected chi connectivity index (χ3v) is 8.06. The average Bonchev–Trinajstić information content (AvgIpc) is 2.92. The number of carbonyl (C=O) groups is 2. The average molecular weight is 536 g/mol. The number of carbonyl (C=O) groups excluding carboxylic acids is 2. The lowest BCUT2D eigenvalue weighted by Crippen LogP contribution is -2.52. The Hall–Kier alpha value is -3.65. The van der Waals surface area contributed by atoms with Crippen LogP contribution in [0.2, 0.25) is 0 Å². The number of nitrogens with one attached hydrogen (secondary N) is 1. The van der Waals surface area contributed by atoms with Crippen LogP contribution in [0.4, 0.5) is 5.69 Å². The van der Waals surface area contributed by atoms with E-state index in [0.717, 1.165) is 15.4 Å². The van der Waals surface area contributed by atoms with Crippen LogP contribution >= 0.6 is 0 Å². The molecule has 38 heavy (non-hydrogen) atoms. The Kier molecular flexibility index (Phi) is 10.1. The summed E-state index contributed by atoms with van der Waals surface area (Å²) in [6, 6.07) is 24.0. The maximum absolute atomic E-state index is 13.8. The summed E-state index contributed by atoms with van der Waals surface area (Å²) in [5, 5.41) is 2.90. The lowest BCUT2D eigenvalue weighted by molar-refractivity contribution is -0.138. The summed E-state index contributed by atoms with van der Waals surface area (Å²) in [5.41, 5.74) is 2.37. The molecule has 7 nitrogen and oxygen atoms in total. The van der Waals surface area contributed by atoms with E-state index in [0.29, 0.717) is 18.7 Å². The quantitative estimate of drug-likeness (QED) is 0.372. The van der Waals surface area contributed by atoms with Crippen LogP contribution < -0.4 is 9.62 Å². The smallest absolute Gasteiger partial charge is 0.264 e. The highest BCUT2D eigenvalue weighted by atomic mass is 32.2. The Bertz CT molecular complexity index is 1290. The standard InChI is InChI=1S/C30H37N3O4S/c1-23(2)21-31-30(35)25(4)32(20-19-26-11-7-5-8-12-26)29(34)22-33(27-17-15-24(3)16-18-27)38(36,37)28-13-9-6-10-14-28/h5-18,23,25H,19-22H2,1-4H3,(H,31,35). The molecule has 0 radical (unpaired) electrons. The van der Waals surface area contributed by atoms with Crippen molar-refractivity contribution in [3.8, 4) is 0 Å². The molecule has 3 aromatic rings. The third kappa shape index (κ3) is 7.68. The van der Waals surface area contributed by atoms with Gasteiger partial charge in [0.1, 0.15) is 12.6 Å². The molecule has 0 bridgehead atoms. The second kappa shape index (κ2) is 13.2. The van der Waals surface area contributed by atoms with Gasteiger partial charge in [0, 0.05) is 13.1 Å². The molecule has 0 saturated heterocycles. The molecule has 202 valence electrons. The maximum atomic E-state index is 13.8. The van der Waals surface area contributed by atoms with Crippen molar-refractivity contribution < 1.29 is 18.0 Å². The second-order valence-corrected chi connectivity index (χ2v) is 11.7. The van der Waals surface area contributed by atoms with Crippen LogP contribution in [0.15, 0.2) is 89.8 Å². The second-order valence-electron chi connectivity index (χ2n) is 9.80. The highest BCUT2D eigenvalue weighted by Gasteiger charge is 2.32. The molecule has 1 N–H and O–H groups in total. The first-order chi connectivity index (χ1) is 18.1. The first-order valence-corrected chi connectivity index (χ1v) is 14.3. The zero-order valence-corrected chi connectivity index (χ0v) is 23.3. The number of benzene rings is 3. The lowest BCUT2D eigenvalue weighted by atomic mass is 10.1. The summed E-state index contributed by atoms with van der Waals surface area (Å²) < 4.78 is 28.5. The third-order valence-electron chi connectivity index (χ3n) is 6.27. The molecule has 0 heterocycles. The minimum Gasteiger partial charge on any atom is -0.354 e. The van der Waals surface area contributed by atoms with Gasteiger partial charge in [-0.1, -0.05) is 80.1 Å². The highest BCUT2D eigenvalue weighted by Crippen LogP contribution is 2.24. The topological polar surface area (TPSA) is 86.8 Å². The molecule has 0 aliphatic carbocycles. The monoisotopic (exact) mass is 535 g/mol. The number of aryl methyl sites for hydroxylation is 1. The van der Waals surface area contributed by atoms with Crippen molar-refractivity contribution in [2.45, 2.75) is 45.1 Å². The van der Waals surface area contributed by atoms with E-state index in [4.69, 9.17) is 0 Å². The predicted molar refractivity (Wildman–Crippen MR) is 151 cm³/mol. The van der Waals surface area contributed by atoms with Crippen LogP contribution in [0.1, 0.15) is 31.9 Å². The molecule has 0 aliphatic rings. The number of hydrogen-bond acceptors (Lipinski definition) is 4. The zero-order chi connectivity index (χ0) is 27.7. The molecule has 2 amide bonds. The van der Waals surface area contributed by atoms with E-state index in [9.17, 15) is 18.0 Å². The Morgan fingerprint density at radius 3 is 2.00 bits per heavy atom. The fourth-order valence-electron chi connectivity index (χ4n) is 3.98. The van der Waals surface area contributed by atoms with Gasteiger partial charge in [-0.05, 0) is 56.0 Å². The van der Waals surface area contributed by atoms with Crippen molar-refractivity contribution in [2.75, 3.05) is 23.9 Å². The summed E-state index contributed by atoms with van der Waals surface area (Å²) in [4.78, 5) is 28.4. The summed E-state index contributed by atoms with van der Waals surface area (Å²) in [7, 11) is -4.04. The minimum atomic E-state index is -4.04. The summed E-state index contributed by atoms with van der Waals surface area (Å²) in [6.07, 6.45) is 0.532. The predicted octanol–water partition coefficient (Wildman–Crippen LogP) is 4.42. The molecule has 0 fully saturated rings. The van der Waals surface area contributed by atoms with E-state index in [1.807, 2.05) is 63.2 Å². The molecular formula is C30H37N3O4S. The number of hydrogen-bond donors (Lipinski definition) is 1. The van der Waals surface area contributed by atoms with Gasteiger partial charge in [0.15, 0.2) is 0 Å². The lowest BCUT2D eigenvalue weighted by Gasteiger charge is -2.32. The van der Waals surface area contributed by atoms with Crippen molar-refractivity contribution in [1.82, 2.24) is 10.2 Å². The fraction of sp³-hybridized carbons (Fsp3) is 0.333. The Labute approximate surface area is 226 Å². The van der Waals surface area contributed by atoms with Gasteiger partial charge >= 0.3 is 0 Å². The van der Waals surface area contributed by atoms with Crippen molar-refractivity contribution in [2.24, 2.45) is 5.92 Å². The van der Waals surface area contributed by atoms with E-state index in [2.05, 4.69) is 5.32 Å². The maximum Gasteiger partial charge on any atom is 0.264 e. The number of sulfonamides is 1. The van der Waals surface area contributed by atoms with Crippen molar-refractivity contribution in [3.05, 3.63) is 96.1 Å². The first-order valence-electron chi connectivity index (χ1n) is 12.8. The number of amides is 2. The number of anilines is 1. The van der Waals surface area contributed by atoms with E-state index in [1.165, 1.54) is 17.0 Å². The molecule has 8 heteroatoms. The molecule has 3 aromatic carbocycles. The molecular weight excluding hydrogens is 498 g/mol. The summed E-state index contributed by atoms with van der Waals surface area (Å²) in [5.74, 6) is -0.464. The van der Waals surface area contributed by atoms with E-state index >= 15 is 0 Å².